The number of piperidine rings is 1. The molecule has 126 valence electrons. The Morgan fingerprint density at radius 3 is 1.83 bits per heavy atom. The van der Waals surface area contributed by atoms with E-state index in [0.717, 1.165) is 30.8 Å². The minimum atomic E-state index is -0.986. The first kappa shape index (κ1) is 16.7. The van der Waals surface area contributed by atoms with Gasteiger partial charge in [0.25, 0.3) is 0 Å². The highest BCUT2D eigenvalue weighted by Gasteiger charge is 2.42. The number of hydrogen-bond donors (Lipinski definition) is 1. The fourth-order valence-corrected chi connectivity index (χ4v) is 3.76. The summed E-state index contributed by atoms with van der Waals surface area (Å²) < 4.78 is 0. The highest BCUT2D eigenvalue weighted by Crippen LogP contribution is 2.36. The molecule has 1 aliphatic heterocycles. The predicted octanol–water partition coefficient (Wildman–Crippen LogP) is 3.93. The summed E-state index contributed by atoms with van der Waals surface area (Å²) >= 11 is 0. The summed E-state index contributed by atoms with van der Waals surface area (Å²) in [5.74, 6) is -0.767. The molecule has 1 fully saturated rings. The molecule has 0 spiro atoms. The third kappa shape index (κ3) is 3.36. The lowest BCUT2D eigenvalue weighted by atomic mass is 9.72. The molecule has 1 N–H and O–H groups in total. The maximum absolute atomic E-state index is 12.5. The number of likely N-dealkylation sites (tertiary alicyclic amines) is 1. The highest BCUT2D eigenvalue weighted by atomic mass is 16.4. The number of benzene rings is 2. The monoisotopic (exact) mass is 323 g/mol. The van der Waals surface area contributed by atoms with E-state index in [-0.39, 0.29) is 0 Å². The first-order valence-corrected chi connectivity index (χ1v) is 8.80. The van der Waals surface area contributed by atoms with Crippen LogP contribution in [0.3, 0.4) is 0 Å². The molecule has 0 bridgehead atoms. The van der Waals surface area contributed by atoms with Crippen LogP contribution in [0.15, 0.2) is 60.7 Å². The Bertz CT molecular complexity index is 609. The second-order valence-electron chi connectivity index (χ2n) is 6.59. The Hall–Kier alpha value is -2.13. The average Bonchev–Trinajstić information content (AvgIpc) is 2.65. The molecule has 3 heteroatoms. The van der Waals surface area contributed by atoms with Crippen LogP contribution >= 0.6 is 0 Å². The van der Waals surface area contributed by atoms with Gasteiger partial charge in [0.1, 0.15) is 5.41 Å². The molecule has 0 radical (unpaired) electrons. The van der Waals surface area contributed by atoms with Crippen LogP contribution in [0.25, 0.3) is 0 Å². The summed E-state index contributed by atoms with van der Waals surface area (Å²) in [6.45, 7) is 2.98. The zero-order valence-electron chi connectivity index (χ0n) is 14.0. The molecule has 3 nitrogen and oxygen atoms in total. The summed E-state index contributed by atoms with van der Waals surface area (Å²) in [4.78, 5) is 14.9. The van der Waals surface area contributed by atoms with Gasteiger partial charge < -0.3 is 10.0 Å². The fraction of sp³-hybridized carbons (Fsp3) is 0.381. The van der Waals surface area contributed by atoms with Crippen molar-refractivity contribution < 1.29 is 9.90 Å². The van der Waals surface area contributed by atoms with Crippen molar-refractivity contribution in [3.8, 4) is 0 Å². The van der Waals surface area contributed by atoms with Crippen molar-refractivity contribution in [3.63, 3.8) is 0 Å². The van der Waals surface area contributed by atoms with Crippen LogP contribution in [-0.2, 0) is 10.2 Å². The minimum Gasteiger partial charge on any atom is -0.480 e. The first-order chi connectivity index (χ1) is 11.7. The van der Waals surface area contributed by atoms with Crippen LogP contribution in [0, 0.1) is 0 Å². The predicted molar refractivity (Wildman–Crippen MR) is 96.2 cm³/mol. The summed E-state index contributed by atoms with van der Waals surface area (Å²) in [7, 11) is 0. The largest absolute Gasteiger partial charge is 0.480 e. The van der Waals surface area contributed by atoms with Gasteiger partial charge in [-0.05, 0) is 50.0 Å². The van der Waals surface area contributed by atoms with Gasteiger partial charge in [0.15, 0.2) is 0 Å². The van der Waals surface area contributed by atoms with E-state index in [1.165, 1.54) is 19.3 Å². The SMILES string of the molecule is O=C(O)C(CCN1CCCCC1)(c1ccccc1)c1ccccc1. The van der Waals surface area contributed by atoms with Crippen LogP contribution < -0.4 is 0 Å². The number of aliphatic carboxylic acids is 1. The lowest BCUT2D eigenvalue weighted by molar-refractivity contribution is -0.142. The molecule has 0 unspecified atom stereocenters. The van der Waals surface area contributed by atoms with E-state index >= 15 is 0 Å². The lowest BCUT2D eigenvalue weighted by Gasteiger charge is -2.34. The molecule has 0 atom stereocenters. The van der Waals surface area contributed by atoms with Crippen LogP contribution in [-0.4, -0.2) is 35.6 Å². The Balaban J connectivity index is 1.97. The van der Waals surface area contributed by atoms with E-state index in [1.807, 2.05) is 60.7 Å². The van der Waals surface area contributed by atoms with Crippen LogP contribution in [0.1, 0.15) is 36.8 Å². The lowest BCUT2D eigenvalue weighted by Crippen LogP contribution is -2.42. The normalized spacial score (nSPS) is 16.0. The highest BCUT2D eigenvalue weighted by molar-refractivity contribution is 5.86. The molecule has 1 saturated heterocycles. The second kappa shape index (κ2) is 7.63. The molecule has 3 rings (SSSR count). The Labute approximate surface area is 143 Å². The molecule has 1 aliphatic rings. The smallest absolute Gasteiger partial charge is 0.318 e. The number of carboxylic acids is 1. The summed E-state index contributed by atoms with van der Waals surface area (Å²) in [6.07, 6.45) is 4.32. The zero-order valence-corrected chi connectivity index (χ0v) is 14.0. The van der Waals surface area contributed by atoms with Crippen molar-refractivity contribution in [1.82, 2.24) is 4.90 Å². The van der Waals surface area contributed by atoms with E-state index in [1.54, 1.807) is 0 Å². The van der Waals surface area contributed by atoms with Crippen molar-refractivity contribution in [2.75, 3.05) is 19.6 Å². The van der Waals surface area contributed by atoms with Gasteiger partial charge in [-0.1, -0.05) is 67.1 Å². The van der Waals surface area contributed by atoms with Crippen LogP contribution in [0.4, 0.5) is 0 Å². The third-order valence-corrected chi connectivity index (χ3v) is 5.15. The summed E-state index contributed by atoms with van der Waals surface area (Å²) in [5.41, 5.74) is 0.737. The van der Waals surface area contributed by atoms with Gasteiger partial charge in [-0.3, -0.25) is 4.79 Å². The van der Waals surface area contributed by atoms with Crippen molar-refractivity contribution in [3.05, 3.63) is 71.8 Å². The molecular formula is C21H25NO2. The number of carboxylic acid groups (broad SMARTS) is 1. The van der Waals surface area contributed by atoms with Crippen molar-refractivity contribution >= 4 is 5.97 Å². The van der Waals surface area contributed by atoms with E-state index in [2.05, 4.69) is 4.90 Å². The zero-order chi connectivity index (χ0) is 16.8. The maximum atomic E-state index is 12.5. The summed E-state index contributed by atoms with van der Waals surface area (Å²) in [5, 5.41) is 10.2. The standard InChI is InChI=1S/C21H25NO2/c23-20(24)21(18-10-4-1-5-11-18,19-12-6-2-7-13-19)14-17-22-15-8-3-9-16-22/h1-2,4-7,10-13H,3,8-9,14-17H2,(H,23,24). The Morgan fingerprint density at radius 2 is 1.38 bits per heavy atom. The average molecular weight is 323 g/mol. The van der Waals surface area contributed by atoms with E-state index in [4.69, 9.17) is 0 Å². The van der Waals surface area contributed by atoms with Gasteiger partial charge in [-0.15, -0.1) is 0 Å². The Morgan fingerprint density at radius 1 is 0.875 bits per heavy atom. The maximum Gasteiger partial charge on any atom is 0.318 e. The van der Waals surface area contributed by atoms with Gasteiger partial charge in [0, 0.05) is 0 Å². The molecule has 24 heavy (non-hydrogen) atoms. The van der Waals surface area contributed by atoms with Gasteiger partial charge in [0.05, 0.1) is 0 Å². The van der Waals surface area contributed by atoms with Crippen molar-refractivity contribution in [2.45, 2.75) is 31.1 Å². The van der Waals surface area contributed by atoms with Crippen molar-refractivity contribution in [2.24, 2.45) is 0 Å². The van der Waals surface area contributed by atoms with Crippen molar-refractivity contribution in [1.29, 1.82) is 0 Å². The number of hydrogen-bond acceptors (Lipinski definition) is 2. The van der Waals surface area contributed by atoms with Gasteiger partial charge in [0.2, 0.25) is 0 Å². The van der Waals surface area contributed by atoms with Crippen LogP contribution in [0.2, 0.25) is 0 Å². The molecule has 1 heterocycles. The van der Waals surface area contributed by atoms with Gasteiger partial charge >= 0.3 is 5.97 Å². The first-order valence-electron chi connectivity index (χ1n) is 8.80. The fourth-order valence-electron chi connectivity index (χ4n) is 3.76. The van der Waals surface area contributed by atoms with Gasteiger partial charge in [-0.2, -0.15) is 0 Å². The van der Waals surface area contributed by atoms with Gasteiger partial charge in [-0.25, -0.2) is 0 Å². The molecular weight excluding hydrogens is 298 g/mol. The number of rotatable bonds is 6. The minimum absolute atomic E-state index is 0.594. The van der Waals surface area contributed by atoms with E-state index in [0.29, 0.717) is 6.42 Å². The Kier molecular flexibility index (Phi) is 5.31. The number of nitrogens with zero attached hydrogens (tertiary/aromatic N) is 1. The molecule has 0 saturated carbocycles. The molecule has 2 aromatic carbocycles. The topological polar surface area (TPSA) is 40.5 Å². The molecule has 0 aliphatic carbocycles. The molecule has 2 aromatic rings. The second-order valence-corrected chi connectivity index (χ2v) is 6.59. The van der Waals surface area contributed by atoms with Crippen LogP contribution in [0.5, 0.6) is 0 Å². The third-order valence-electron chi connectivity index (χ3n) is 5.15. The van der Waals surface area contributed by atoms with E-state index < -0.39 is 11.4 Å². The molecule has 0 aromatic heterocycles. The summed E-state index contributed by atoms with van der Waals surface area (Å²) in [6, 6.07) is 19.3. The number of carbonyl (C=O) groups is 1. The van der Waals surface area contributed by atoms with E-state index in [9.17, 15) is 9.90 Å². The molecule has 0 amide bonds. The quantitative estimate of drug-likeness (QED) is 0.875.